The van der Waals surface area contributed by atoms with Gasteiger partial charge < -0.3 is 13.7 Å². The molecule has 49 heavy (non-hydrogen) atoms. The Hall–Kier alpha value is -6.65. The Bertz CT molecular complexity index is 2830. The average molecular weight is 629 g/mol. The summed E-state index contributed by atoms with van der Waals surface area (Å²) in [6.07, 6.45) is 1.83. The molecule has 0 aliphatic rings. The molecule has 0 aliphatic heterocycles. The van der Waals surface area contributed by atoms with E-state index in [1.165, 1.54) is 0 Å². The molecule has 4 heteroatoms. The van der Waals surface area contributed by atoms with E-state index >= 15 is 0 Å². The Morgan fingerprint density at radius 1 is 0.429 bits per heavy atom. The molecule has 0 saturated heterocycles. The molecule has 230 valence electrons. The van der Waals surface area contributed by atoms with Crippen LogP contribution in [0, 0.1) is 0 Å². The van der Waals surface area contributed by atoms with Crippen molar-refractivity contribution in [2.24, 2.45) is 0 Å². The van der Waals surface area contributed by atoms with Crippen LogP contribution in [-0.4, -0.2) is 4.98 Å². The number of furan rings is 2. The van der Waals surface area contributed by atoms with E-state index in [1.807, 2.05) is 36.5 Å². The van der Waals surface area contributed by atoms with Crippen LogP contribution < -0.4 is 4.90 Å². The third-order valence-electron chi connectivity index (χ3n) is 9.52. The van der Waals surface area contributed by atoms with Crippen molar-refractivity contribution in [2.45, 2.75) is 0 Å². The molecule has 0 radical (unpaired) electrons. The van der Waals surface area contributed by atoms with Crippen LogP contribution in [0.4, 0.5) is 17.1 Å². The summed E-state index contributed by atoms with van der Waals surface area (Å²) < 4.78 is 12.5. The van der Waals surface area contributed by atoms with Gasteiger partial charge in [-0.1, -0.05) is 97.1 Å². The SMILES string of the molecule is c1ccc(-c2ccccc2N(c2ccc(-c3ccc4ccc5oc6cccnc6c5c4c3)cc2)c2ccc3c(c2)oc2ccccc23)cc1. The first kappa shape index (κ1) is 27.5. The van der Waals surface area contributed by atoms with Crippen LogP contribution in [0.3, 0.4) is 0 Å². The van der Waals surface area contributed by atoms with Crippen molar-refractivity contribution in [1.82, 2.24) is 4.98 Å². The number of fused-ring (bicyclic) bond motifs is 8. The summed E-state index contributed by atoms with van der Waals surface area (Å²) in [6.45, 7) is 0. The fourth-order valence-electron chi connectivity index (χ4n) is 7.20. The van der Waals surface area contributed by atoms with E-state index in [-0.39, 0.29) is 0 Å². The molecule has 0 N–H and O–H groups in total. The number of para-hydroxylation sites is 2. The third kappa shape index (κ3) is 4.49. The molecule has 10 aromatic rings. The van der Waals surface area contributed by atoms with Gasteiger partial charge in [-0.05, 0) is 88.1 Å². The van der Waals surface area contributed by atoms with Gasteiger partial charge in [-0.15, -0.1) is 0 Å². The highest BCUT2D eigenvalue weighted by Gasteiger charge is 2.19. The molecular formula is C45H28N2O2. The summed E-state index contributed by atoms with van der Waals surface area (Å²) in [6, 6.07) is 57.4. The maximum absolute atomic E-state index is 6.36. The van der Waals surface area contributed by atoms with E-state index in [0.717, 1.165) is 94.1 Å². The van der Waals surface area contributed by atoms with Gasteiger partial charge in [-0.2, -0.15) is 0 Å². The first-order valence-corrected chi connectivity index (χ1v) is 16.4. The lowest BCUT2D eigenvalue weighted by Crippen LogP contribution is -2.11. The molecule has 3 aromatic heterocycles. The van der Waals surface area contributed by atoms with Crippen molar-refractivity contribution < 1.29 is 8.83 Å². The van der Waals surface area contributed by atoms with E-state index in [4.69, 9.17) is 8.83 Å². The minimum absolute atomic E-state index is 0.802. The van der Waals surface area contributed by atoms with Crippen molar-refractivity contribution in [1.29, 1.82) is 0 Å². The lowest BCUT2D eigenvalue weighted by molar-refractivity contribution is 0.668. The largest absolute Gasteiger partial charge is 0.456 e. The van der Waals surface area contributed by atoms with Crippen molar-refractivity contribution >= 4 is 71.8 Å². The van der Waals surface area contributed by atoms with Crippen molar-refractivity contribution in [3.63, 3.8) is 0 Å². The zero-order valence-electron chi connectivity index (χ0n) is 26.4. The Labute approximate surface area is 282 Å². The number of aromatic nitrogens is 1. The van der Waals surface area contributed by atoms with E-state index in [2.05, 4.69) is 143 Å². The number of rotatable bonds is 5. The fraction of sp³-hybridized carbons (Fsp3) is 0. The number of pyridine rings is 1. The van der Waals surface area contributed by atoms with Crippen molar-refractivity contribution in [3.8, 4) is 22.3 Å². The van der Waals surface area contributed by atoms with E-state index in [1.54, 1.807) is 0 Å². The molecule has 0 fully saturated rings. The topological polar surface area (TPSA) is 42.4 Å². The number of hydrogen-bond acceptors (Lipinski definition) is 4. The van der Waals surface area contributed by atoms with Crippen LogP contribution in [0.2, 0.25) is 0 Å². The zero-order valence-corrected chi connectivity index (χ0v) is 26.4. The molecule has 0 bridgehead atoms. The van der Waals surface area contributed by atoms with Crippen LogP contribution in [0.15, 0.2) is 179 Å². The summed E-state index contributed by atoms with van der Waals surface area (Å²) in [5.41, 5.74) is 12.0. The molecule has 0 aliphatic carbocycles. The van der Waals surface area contributed by atoms with Gasteiger partial charge in [0.25, 0.3) is 0 Å². The molecule has 0 saturated carbocycles. The molecular weight excluding hydrogens is 601 g/mol. The van der Waals surface area contributed by atoms with Gasteiger partial charge in [-0.25, -0.2) is 0 Å². The molecule has 4 nitrogen and oxygen atoms in total. The minimum atomic E-state index is 0.802. The minimum Gasteiger partial charge on any atom is -0.456 e. The number of hydrogen-bond donors (Lipinski definition) is 0. The average Bonchev–Trinajstić information content (AvgIpc) is 3.74. The standard InChI is InChI=1S/C45H28N2O2/c1-2-9-30(10-3-1)35-11-4-6-13-39(35)47(34-23-24-37-36-12-5-7-14-40(36)48-43(37)28-34)33-21-18-29(19-22-33)32-17-16-31-20-25-41-44(38(31)27-32)45-42(49-41)15-8-26-46-45/h1-28H. The molecule has 7 aromatic carbocycles. The zero-order chi connectivity index (χ0) is 32.3. The van der Waals surface area contributed by atoms with Crippen molar-refractivity contribution in [2.75, 3.05) is 4.90 Å². The van der Waals surface area contributed by atoms with Crippen LogP contribution in [0.1, 0.15) is 0 Å². The van der Waals surface area contributed by atoms with Crippen molar-refractivity contribution in [3.05, 3.63) is 170 Å². The predicted octanol–water partition coefficient (Wildman–Crippen LogP) is 12.8. The van der Waals surface area contributed by atoms with Gasteiger partial charge >= 0.3 is 0 Å². The Kier molecular flexibility index (Phi) is 6.15. The van der Waals surface area contributed by atoms with Crippen LogP contribution >= 0.6 is 0 Å². The van der Waals surface area contributed by atoms with E-state index < -0.39 is 0 Å². The van der Waals surface area contributed by atoms with Gasteiger partial charge in [0.2, 0.25) is 0 Å². The Morgan fingerprint density at radius 2 is 1.14 bits per heavy atom. The summed E-state index contributed by atoms with van der Waals surface area (Å²) >= 11 is 0. The molecule has 0 amide bonds. The second-order valence-electron chi connectivity index (χ2n) is 12.4. The molecule has 3 heterocycles. The Morgan fingerprint density at radius 3 is 2.06 bits per heavy atom. The molecule has 10 rings (SSSR count). The number of benzene rings is 7. The summed E-state index contributed by atoms with van der Waals surface area (Å²) in [5.74, 6) is 0. The van der Waals surface area contributed by atoms with Gasteiger partial charge in [0, 0.05) is 40.0 Å². The van der Waals surface area contributed by atoms with Crippen LogP contribution in [0.25, 0.3) is 77.0 Å². The highest BCUT2D eigenvalue weighted by Crippen LogP contribution is 2.43. The first-order chi connectivity index (χ1) is 24.3. The van der Waals surface area contributed by atoms with E-state index in [0.29, 0.717) is 0 Å². The highest BCUT2D eigenvalue weighted by atomic mass is 16.3. The van der Waals surface area contributed by atoms with Gasteiger partial charge in [0.05, 0.1) is 11.1 Å². The smallest absolute Gasteiger partial charge is 0.153 e. The number of anilines is 3. The lowest BCUT2D eigenvalue weighted by Gasteiger charge is -2.28. The van der Waals surface area contributed by atoms with Gasteiger partial charge in [0.1, 0.15) is 22.3 Å². The highest BCUT2D eigenvalue weighted by molar-refractivity contribution is 6.18. The second-order valence-corrected chi connectivity index (χ2v) is 12.4. The number of nitrogens with zero attached hydrogens (tertiary/aromatic N) is 2. The Balaban J connectivity index is 1.12. The van der Waals surface area contributed by atoms with Crippen LogP contribution in [-0.2, 0) is 0 Å². The summed E-state index contributed by atoms with van der Waals surface area (Å²) in [7, 11) is 0. The van der Waals surface area contributed by atoms with Gasteiger partial charge in [-0.3, -0.25) is 4.98 Å². The van der Waals surface area contributed by atoms with Crippen LogP contribution in [0.5, 0.6) is 0 Å². The fourth-order valence-corrected chi connectivity index (χ4v) is 7.20. The molecule has 0 unspecified atom stereocenters. The lowest BCUT2D eigenvalue weighted by atomic mass is 9.98. The summed E-state index contributed by atoms with van der Waals surface area (Å²) in [4.78, 5) is 6.99. The molecule has 0 spiro atoms. The third-order valence-corrected chi connectivity index (χ3v) is 9.52. The monoisotopic (exact) mass is 628 g/mol. The summed E-state index contributed by atoms with van der Waals surface area (Å²) in [5, 5.41) is 5.57. The normalized spacial score (nSPS) is 11.7. The maximum atomic E-state index is 6.36. The van der Waals surface area contributed by atoms with E-state index in [9.17, 15) is 0 Å². The van der Waals surface area contributed by atoms with Gasteiger partial charge in [0.15, 0.2) is 5.58 Å². The quantitative estimate of drug-likeness (QED) is 0.190. The second kappa shape index (κ2) is 11.0. The first-order valence-electron chi connectivity index (χ1n) is 16.4. The maximum Gasteiger partial charge on any atom is 0.153 e. The molecule has 0 atom stereocenters. The predicted molar refractivity (Wildman–Crippen MR) is 202 cm³/mol.